The fourth-order valence-electron chi connectivity index (χ4n) is 2.73. The molecule has 0 aliphatic heterocycles. The second kappa shape index (κ2) is 7.73. The third kappa shape index (κ3) is 4.07. The maximum absolute atomic E-state index is 12.6. The Kier molecular flexibility index (Phi) is 5.69. The molecule has 0 fully saturated rings. The average molecular weight is 310 g/mol. The first kappa shape index (κ1) is 16.9. The second-order valence-corrected chi connectivity index (χ2v) is 5.56. The summed E-state index contributed by atoms with van der Waals surface area (Å²) < 4.78 is 5.03. The first-order valence-corrected chi connectivity index (χ1v) is 7.89. The van der Waals surface area contributed by atoms with Crippen LogP contribution in [0.25, 0.3) is 0 Å². The normalized spacial score (nSPS) is 10.4. The van der Waals surface area contributed by atoms with Crippen LogP contribution in [0.2, 0.25) is 0 Å². The molecule has 0 N–H and O–H groups in total. The van der Waals surface area contributed by atoms with Crippen LogP contribution >= 0.6 is 0 Å². The summed E-state index contributed by atoms with van der Waals surface area (Å²) in [6, 6.07) is 13.0. The van der Waals surface area contributed by atoms with Crippen molar-refractivity contribution in [1.82, 2.24) is 0 Å². The molecular formula is C20H22O3. The molecule has 0 radical (unpaired) electrons. The van der Waals surface area contributed by atoms with Gasteiger partial charge in [0.05, 0.1) is 12.2 Å². The van der Waals surface area contributed by atoms with Gasteiger partial charge in [-0.3, -0.25) is 4.79 Å². The topological polar surface area (TPSA) is 43.4 Å². The lowest BCUT2D eigenvalue weighted by atomic mass is 9.94. The Bertz CT molecular complexity index is 696. The Labute approximate surface area is 137 Å². The van der Waals surface area contributed by atoms with E-state index >= 15 is 0 Å². The molecule has 2 aromatic carbocycles. The Hall–Kier alpha value is -2.42. The van der Waals surface area contributed by atoms with Gasteiger partial charge in [0.25, 0.3) is 0 Å². The highest BCUT2D eigenvalue weighted by Gasteiger charge is 2.17. The van der Waals surface area contributed by atoms with Crippen molar-refractivity contribution in [3.63, 3.8) is 0 Å². The second-order valence-electron chi connectivity index (χ2n) is 5.56. The highest BCUT2D eigenvalue weighted by molar-refractivity contribution is 6.06. The minimum Gasteiger partial charge on any atom is -0.462 e. The van der Waals surface area contributed by atoms with Crippen LogP contribution in [-0.2, 0) is 11.2 Å². The molecule has 0 aliphatic carbocycles. The van der Waals surface area contributed by atoms with Crippen LogP contribution in [0.1, 0.15) is 50.8 Å². The molecule has 0 bridgehead atoms. The quantitative estimate of drug-likeness (QED) is 0.590. The minimum atomic E-state index is -0.441. The number of aryl methyl sites for hydroxylation is 2. The van der Waals surface area contributed by atoms with Crippen LogP contribution in [0.5, 0.6) is 0 Å². The van der Waals surface area contributed by atoms with Gasteiger partial charge in [0.1, 0.15) is 0 Å². The van der Waals surface area contributed by atoms with E-state index in [1.165, 1.54) is 16.7 Å². The molecule has 0 aliphatic rings. The van der Waals surface area contributed by atoms with Gasteiger partial charge in [-0.1, -0.05) is 36.4 Å². The van der Waals surface area contributed by atoms with Crippen LogP contribution in [0, 0.1) is 13.8 Å². The van der Waals surface area contributed by atoms with Crippen molar-refractivity contribution < 1.29 is 14.3 Å². The minimum absolute atomic E-state index is 0.0312. The summed E-state index contributed by atoms with van der Waals surface area (Å²) in [7, 11) is 0. The Morgan fingerprint density at radius 3 is 2.13 bits per heavy atom. The summed E-state index contributed by atoms with van der Waals surface area (Å²) in [6.07, 6.45) is 1.05. The molecule has 0 aromatic heterocycles. The molecule has 0 atom stereocenters. The molecule has 23 heavy (non-hydrogen) atoms. The smallest absolute Gasteiger partial charge is 0.338 e. The molecule has 0 amide bonds. The Balaban J connectivity index is 2.17. The van der Waals surface area contributed by atoms with Crippen LogP contribution in [0.4, 0.5) is 0 Å². The highest BCUT2D eigenvalue weighted by Crippen LogP contribution is 2.18. The molecule has 0 spiro atoms. The number of carbonyl (C=O) groups excluding carboxylic acids is 2. The largest absolute Gasteiger partial charge is 0.462 e. The van der Waals surface area contributed by atoms with E-state index in [0.717, 1.165) is 0 Å². The maximum atomic E-state index is 12.6. The van der Waals surface area contributed by atoms with Gasteiger partial charge in [-0.25, -0.2) is 4.79 Å². The number of carbonyl (C=O) groups is 2. The molecule has 120 valence electrons. The maximum Gasteiger partial charge on any atom is 0.338 e. The van der Waals surface area contributed by atoms with Crippen LogP contribution in [-0.4, -0.2) is 18.4 Å². The van der Waals surface area contributed by atoms with E-state index in [1.54, 1.807) is 31.2 Å². The third-order valence-corrected chi connectivity index (χ3v) is 3.97. The van der Waals surface area contributed by atoms with E-state index in [0.29, 0.717) is 30.6 Å². The molecule has 0 saturated heterocycles. The lowest BCUT2D eigenvalue weighted by Crippen LogP contribution is -2.12. The first-order valence-electron chi connectivity index (χ1n) is 7.89. The van der Waals surface area contributed by atoms with Gasteiger partial charge in [0.2, 0.25) is 0 Å². The van der Waals surface area contributed by atoms with Crippen molar-refractivity contribution in [2.45, 2.75) is 33.6 Å². The van der Waals surface area contributed by atoms with Crippen molar-refractivity contribution in [1.29, 1.82) is 0 Å². The zero-order chi connectivity index (χ0) is 16.8. The average Bonchev–Trinajstić information content (AvgIpc) is 2.54. The SMILES string of the molecule is CCOC(=O)c1ccccc1C(=O)CCc1c(C)cccc1C. The van der Waals surface area contributed by atoms with Gasteiger partial charge in [-0.05, 0) is 49.9 Å². The predicted molar refractivity (Wildman–Crippen MR) is 91.0 cm³/mol. The summed E-state index contributed by atoms with van der Waals surface area (Å²) in [5.41, 5.74) is 4.38. The third-order valence-electron chi connectivity index (χ3n) is 3.97. The molecule has 0 saturated carbocycles. The number of ketones is 1. The summed E-state index contributed by atoms with van der Waals surface area (Å²) >= 11 is 0. The number of Topliss-reactive ketones (excluding diaryl/α,β-unsaturated/α-hetero) is 1. The van der Waals surface area contributed by atoms with Gasteiger partial charge in [0.15, 0.2) is 5.78 Å². The molecule has 3 nitrogen and oxygen atoms in total. The number of hydrogen-bond donors (Lipinski definition) is 0. The van der Waals surface area contributed by atoms with Gasteiger partial charge in [-0.2, -0.15) is 0 Å². The van der Waals surface area contributed by atoms with E-state index in [1.807, 2.05) is 6.07 Å². The van der Waals surface area contributed by atoms with E-state index in [-0.39, 0.29) is 5.78 Å². The molecule has 0 heterocycles. The Morgan fingerprint density at radius 1 is 0.913 bits per heavy atom. The summed E-state index contributed by atoms with van der Waals surface area (Å²) in [5, 5.41) is 0. The van der Waals surface area contributed by atoms with E-state index < -0.39 is 5.97 Å². The lowest BCUT2D eigenvalue weighted by Gasteiger charge is -2.11. The molecule has 2 rings (SSSR count). The van der Waals surface area contributed by atoms with Crippen molar-refractivity contribution in [2.75, 3.05) is 6.61 Å². The van der Waals surface area contributed by atoms with Crippen molar-refractivity contribution in [3.05, 3.63) is 70.3 Å². The van der Waals surface area contributed by atoms with Crippen molar-refractivity contribution >= 4 is 11.8 Å². The van der Waals surface area contributed by atoms with E-state index in [4.69, 9.17) is 4.74 Å². The Morgan fingerprint density at radius 2 is 1.52 bits per heavy atom. The molecule has 3 heteroatoms. The number of rotatable bonds is 6. The first-order chi connectivity index (χ1) is 11.0. The highest BCUT2D eigenvalue weighted by atomic mass is 16.5. The fraction of sp³-hybridized carbons (Fsp3) is 0.300. The van der Waals surface area contributed by atoms with Crippen molar-refractivity contribution in [3.8, 4) is 0 Å². The fourth-order valence-corrected chi connectivity index (χ4v) is 2.73. The lowest BCUT2D eigenvalue weighted by molar-refractivity contribution is 0.0523. The van der Waals surface area contributed by atoms with Gasteiger partial charge >= 0.3 is 5.97 Å². The number of ether oxygens (including phenoxy) is 1. The van der Waals surface area contributed by atoms with E-state index in [9.17, 15) is 9.59 Å². The van der Waals surface area contributed by atoms with Gasteiger partial charge < -0.3 is 4.74 Å². The predicted octanol–water partition coefficient (Wildman–Crippen LogP) is 4.30. The van der Waals surface area contributed by atoms with E-state index in [2.05, 4.69) is 26.0 Å². The van der Waals surface area contributed by atoms with Crippen molar-refractivity contribution in [2.24, 2.45) is 0 Å². The van der Waals surface area contributed by atoms with Crippen LogP contribution < -0.4 is 0 Å². The molecule has 0 unspecified atom stereocenters. The number of hydrogen-bond acceptors (Lipinski definition) is 3. The summed E-state index contributed by atoms with van der Waals surface area (Å²) in [6.45, 7) is 6.16. The standard InChI is InChI=1S/C20H22O3/c1-4-23-20(22)18-11-6-5-10-17(18)19(21)13-12-16-14(2)8-7-9-15(16)3/h5-11H,4,12-13H2,1-3H3. The number of esters is 1. The van der Waals surface area contributed by atoms with Gasteiger partial charge in [-0.15, -0.1) is 0 Å². The zero-order valence-electron chi connectivity index (χ0n) is 13.9. The van der Waals surface area contributed by atoms with Crippen LogP contribution in [0.15, 0.2) is 42.5 Å². The number of benzene rings is 2. The van der Waals surface area contributed by atoms with Gasteiger partial charge in [0, 0.05) is 12.0 Å². The van der Waals surface area contributed by atoms with Crippen LogP contribution in [0.3, 0.4) is 0 Å². The summed E-state index contributed by atoms with van der Waals surface area (Å²) in [4.78, 5) is 24.5. The summed E-state index contributed by atoms with van der Waals surface area (Å²) in [5.74, 6) is -0.472. The zero-order valence-corrected chi connectivity index (χ0v) is 13.9. The molecule has 2 aromatic rings. The monoisotopic (exact) mass is 310 g/mol. The molecular weight excluding hydrogens is 288 g/mol.